The van der Waals surface area contributed by atoms with E-state index in [4.69, 9.17) is 5.73 Å². The van der Waals surface area contributed by atoms with Gasteiger partial charge in [0.1, 0.15) is 0 Å². The summed E-state index contributed by atoms with van der Waals surface area (Å²) in [5.74, 6) is 0.930. The largest absolute Gasteiger partial charge is 0.329 e. The molecule has 1 rings (SSSR count). The first-order valence-electron chi connectivity index (χ1n) is 5.41. The third kappa shape index (κ3) is 3.90. The number of nitrogens with two attached hydrogens (primary N) is 1. The summed E-state index contributed by atoms with van der Waals surface area (Å²) in [7, 11) is 0. The lowest BCUT2D eigenvalue weighted by Crippen LogP contribution is -2.31. The molecule has 2 unspecified atom stereocenters. The molecule has 1 fully saturated rings. The molecule has 0 spiro atoms. The van der Waals surface area contributed by atoms with Gasteiger partial charge in [-0.25, -0.2) is 0 Å². The lowest BCUT2D eigenvalue weighted by Gasteiger charge is -2.32. The molecule has 0 aromatic heterocycles. The van der Waals surface area contributed by atoms with Crippen LogP contribution in [0.5, 0.6) is 0 Å². The molecule has 1 saturated carbocycles. The minimum absolute atomic E-state index is 0.279. The number of rotatable bonds is 3. The second-order valence-electron chi connectivity index (χ2n) is 4.98. The van der Waals surface area contributed by atoms with Crippen molar-refractivity contribution in [1.29, 1.82) is 0 Å². The van der Waals surface area contributed by atoms with E-state index in [9.17, 15) is 0 Å². The Morgan fingerprint density at radius 2 is 2.08 bits per heavy atom. The standard InChI is InChI=1S/C11H23NS/c1-9-5-4-6-10(7-9)13-11(2,3)8-12/h9-10H,4-8,12H2,1-3H3. The fraction of sp³-hybridized carbons (Fsp3) is 1.00. The molecule has 0 aromatic rings. The minimum Gasteiger partial charge on any atom is -0.329 e. The van der Waals surface area contributed by atoms with Crippen LogP contribution in [0.1, 0.15) is 46.5 Å². The van der Waals surface area contributed by atoms with Gasteiger partial charge in [-0.2, -0.15) is 11.8 Å². The van der Waals surface area contributed by atoms with Crippen LogP contribution in [0, 0.1) is 5.92 Å². The summed E-state index contributed by atoms with van der Waals surface area (Å²) in [5.41, 5.74) is 5.74. The summed E-state index contributed by atoms with van der Waals surface area (Å²) >= 11 is 2.10. The first kappa shape index (κ1) is 11.4. The minimum atomic E-state index is 0.279. The summed E-state index contributed by atoms with van der Waals surface area (Å²) in [4.78, 5) is 0. The van der Waals surface area contributed by atoms with Crippen molar-refractivity contribution in [1.82, 2.24) is 0 Å². The van der Waals surface area contributed by atoms with Crippen LogP contribution in [0.25, 0.3) is 0 Å². The summed E-state index contributed by atoms with van der Waals surface area (Å²) < 4.78 is 0.279. The van der Waals surface area contributed by atoms with Gasteiger partial charge >= 0.3 is 0 Å². The Hall–Kier alpha value is 0.310. The van der Waals surface area contributed by atoms with Crippen molar-refractivity contribution in [2.24, 2.45) is 11.7 Å². The zero-order valence-corrected chi connectivity index (χ0v) is 9.99. The fourth-order valence-electron chi connectivity index (χ4n) is 1.98. The summed E-state index contributed by atoms with van der Waals surface area (Å²) in [6.07, 6.45) is 5.64. The third-order valence-corrected chi connectivity index (χ3v) is 4.43. The molecule has 1 aliphatic rings. The van der Waals surface area contributed by atoms with Crippen LogP contribution in [0.3, 0.4) is 0 Å². The van der Waals surface area contributed by atoms with E-state index in [2.05, 4.69) is 32.5 Å². The maximum absolute atomic E-state index is 5.74. The highest BCUT2D eigenvalue weighted by Gasteiger charge is 2.26. The van der Waals surface area contributed by atoms with Crippen molar-refractivity contribution >= 4 is 11.8 Å². The van der Waals surface area contributed by atoms with E-state index >= 15 is 0 Å². The third-order valence-electron chi connectivity index (χ3n) is 2.87. The van der Waals surface area contributed by atoms with Gasteiger partial charge in [-0.05, 0) is 32.6 Å². The van der Waals surface area contributed by atoms with Crippen LogP contribution < -0.4 is 5.73 Å². The molecule has 2 atom stereocenters. The smallest absolute Gasteiger partial charge is 0.0228 e. The molecule has 13 heavy (non-hydrogen) atoms. The highest BCUT2D eigenvalue weighted by molar-refractivity contribution is 8.01. The second kappa shape index (κ2) is 4.70. The van der Waals surface area contributed by atoms with Gasteiger partial charge in [0.15, 0.2) is 0 Å². The first-order chi connectivity index (χ1) is 6.03. The predicted octanol–water partition coefficient (Wildman–Crippen LogP) is 3.04. The number of hydrogen-bond donors (Lipinski definition) is 1. The van der Waals surface area contributed by atoms with Gasteiger partial charge < -0.3 is 5.73 Å². The predicted molar refractivity (Wildman–Crippen MR) is 62.1 cm³/mol. The molecular formula is C11H23NS. The van der Waals surface area contributed by atoms with Crippen molar-refractivity contribution in [3.05, 3.63) is 0 Å². The Balaban J connectivity index is 2.35. The summed E-state index contributed by atoms with van der Waals surface area (Å²) in [6, 6.07) is 0. The molecule has 2 N–H and O–H groups in total. The monoisotopic (exact) mass is 201 g/mol. The number of thioether (sulfide) groups is 1. The Kier molecular flexibility index (Phi) is 4.11. The van der Waals surface area contributed by atoms with Crippen LogP contribution >= 0.6 is 11.8 Å². The van der Waals surface area contributed by atoms with Gasteiger partial charge in [0.2, 0.25) is 0 Å². The van der Waals surface area contributed by atoms with Crippen molar-refractivity contribution < 1.29 is 0 Å². The van der Waals surface area contributed by atoms with E-state index in [-0.39, 0.29) is 4.75 Å². The lowest BCUT2D eigenvalue weighted by molar-refractivity contribution is 0.392. The Labute approximate surface area is 86.8 Å². The molecule has 0 radical (unpaired) electrons. The molecule has 0 saturated heterocycles. The van der Waals surface area contributed by atoms with E-state index in [0.717, 1.165) is 17.7 Å². The molecule has 1 nitrogen and oxygen atoms in total. The van der Waals surface area contributed by atoms with Crippen molar-refractivity contribution in [2.45, 2.75) is 56.5 Å². The van der Waals surface area contributed by atoms with Gasteiger partial charge in [0.25, 0.3) is 0 Å². The Bertz CT molecular complexity index is 156. The van der Waals surface area contributed by atoms with Crippen LogP contribution in [-0.2, 0) is 0 Å². The average molecular weight is 201 g/mol. The molecule has 0 heterocycles. The van der Waals surface area contributed by atoms with E-state index in [1.165, 1.54) is 25.7 Å². The first-order valence-corrected chi connectivity index (χ1v) is 6.29. The number of hydrogen-bond acceptors (Lipinski definition) is 2. The van der Waals surface area contributed by atoms with Gasteiger partial charge in [-0.15, -0.1) is 0 Å². The molecule has 0 amide bonds. The Morgan fingerprint density at radius 1 is 1.38 bits per heavy atom. The van der Waals surface area contributed by atoms with Gasteiger partial charge in [0, 0.05) is 16.5 Å². The van der Waals surface area contributed by atoms with Crippen molar-refractivity contribution in [3.8, 4) is 0 Å². The van der Waals surface area contributed by atoms with Gasteiger partial charge in [0.05, 0.1) is 0 Å². The van der Waals surface area contributed by atoms with E-state index in [0.29, 0.717) is 0 Å². The second-order valence-corrected chi connectivity index (χ2v) is 6.98. The topological polar surface area (TPSA) is 26.0 Å². The van der Waals surface area contributed by atoms with Gasteiger partial charge in [-0.3, -0.25) is 0 Å². The quantitative estimate of drug-likeness (QED) is 0.759. The van der Waals surface area contributed by atoms with E-state index < -0.39 is 0 Å². The maximum Gasteiger partial charge on any atom is 0.0228 e. The maximum atomic E-state index is 5.74. The summed E-state index contributed by atoms with van der Waals surface area (Å²) in [6.45, 7) is 7.69. The zero-order valence-electron chi connectivity index (χ0n) is 9.18. The molecule has 0 aliphatic heterocycles. The van der Waals surface area contributed by atoms with Gasteiger partial charge in [-0.1, -0.05) is 19.8 Å². The fourth-order valence-corrected chi connectivity index (χ4v) is 3.69. The lowest BCUT2D eigenvalue weighted by atomic mass is 9.90. The molecule has 0 bridgehead atoms. The zero-order chi connectivity index (χ0) is 9.90. The molecular weight excluding hydrogens is 178 g/mol. The molecule has 0 aromatic carbocycles. The highest BCUT2D eigenvalue weighted by atomic mass is 32.2. The van der Waals surface area contributed by atoms with Crippen molar-refractivity contribution in [2.75, 3.05) is 6.54 Å². The SMILES string of the molecule is CC1CCCC(SC(C)(C)CN)C1. The van der Waals surface area contributed by atoms with Crippen LogP contribution in [0.2, 0.25) is 0 Å². The van der Waals surface area contributed by atoms with Crippen LogP contribution in [0.4, 0.5) is 0 Å². The molecule has 1 aliphatic carbocycles. The van der Waals surface area contributed by atoms with Crippen LogP contribution in [0.15, 0.2) is 0 Å². The molecule has 78 valence electrons. The Morgan fingerprint density at radius 3 is 2.62 bits per heavy atom. The highest BCUT2D eigenvalue weighted by Crippen LogP contribution is 2.38. The van der Waals surface area contributed by atoms with Crippen molar-refractivity contribution in [3.63, 3.8) is 0 Å². The normalized spacial score (nSPS) is 30.5. The molecule has 2 heteroatoms. The van der Waals surface area contributed by atoms with Crippen LogP contribution in [-0.4, -0.2) is 16.5 Å². The average Bonchev–Trinajstić information content (AvgIpc) is 2.03. The summed E-state index contributed by atoms with van der Waals surface area (Å²) in [5, 5.41) is 0.863. The van der Waals surface area contributed by atoms with E-state index in [1.807, 2.05) is 0 Å². The van der Waals surface area contributed by atoms with E-state index in [1.54, 1.807) is 0 Å².